The topological polar surface area (TPSA) is 95.6 Å². The molecule has 0 atom stereocenters. The smallest absolute Gasteiger partial charge is 0.272 e. The van der Waals surface area contributed by atoms with Crippen LogP contribution in [-0.4, -0.2) is 33.9 Å². The molecule has 0 saturated carbocycles. The van der Waals surface area contributed by atoms with Crippen LogP contribution in [0.3, 0.4) is 0 Å². The summed E-state index contributed by atoms with van der Waals surface area (Å²) >= 11 is 0. The molecular weight excluding hydrogens is 255 g/mol. The Morgan fingerprint density at radius 2 is 2.00 bits per heavy atom. The van der Waals surface area contributed by atoms with E-state index in [0.717, 1.165) is 6.07 Å². The number of nitrogens with one attached hydrogen (secondary N) is 1. The van der Waals surface area contributed by atoms with E-state index in [1.807, 2.05) is 0 Å². The van der Waals surface area contributed by atoms with E-state index in [4.69, 9.17) is 0 Å². The van der Waals surface area contributed by atoms with E-state index >= 15 is 0 Å². The molecule has 0 aliphatic rings. The fraction of sp³-hybridized carbons (Fsp3) is 0.500. The Morgan fingerprint density at radius 3 is 2.47 bits per heavy atom. The first-order chi connectivity index (χ1) is 8.96. The highest BCUT2D eigenvalue weighted by Crippen LogP contribution is 2.17. The molecule has 1 aromatic rings. The zero-order valence-corrected chi connectivity index (χ0v) is 10.6. The van der Waals surface area contributed by atoms with Crippen molar-refractivity contribution in [3.63, 3.8) is 0 Å². The largest absolute Gasteiger partial charge is 0.394 e. The van der Waals surface area contributed by atoms with E-state index in [0.29, 0.717) is 12.0 Å². The number of halogens is 1. The van der Waals surface area contributed by atoms with E-state index in [1.165, 1.54) is 12.1 Å². The van der Waals surface area contributed by atoms with Gasteiger partial charge in [0.2, 0.25) is 0 Å². The minimum atomic E-state index is -0.874. The van der Waals surface area contributed by atoms with Crippen molar-refractivity contribution in [3.05, 3.63) is 39.7 Å². The third-order valence-electron chi connectivity index (χ3n) is 3.10. The fourth-order valence-corrected chi connectivity index (χ4v) is 1.64. The molecule has 1 rings (SSSR count). The minimum absolute atomic E-state index is 0.119. The van der Waals surface area contributed by atoms with E-state index in [9.17, 15) is 24.7 Å². The van der Waals surface area contributed by atoms with Gasteiger partial charge in [-0.25, -0.2) is 4.39 Å². The summed E-state index contributed by atoms with van der Waals surface area (Å²) in [7, 11) is 0. The summed E-state index contributed by atoms with van der Waals surface area (Å²) in [6.45, 7) is 1.34. The van der Waals surface area contributed by atoms with Crippen LogP contribution in [0.2, 0.25) is 0 Å². The number of aliphatic hydroxyl groups excluding tert-OH is 2. The Bertz CT molecular complexity index is 441. The molecule has 0 heterocycles. The van der Waals surface area contributed by atoms with Crippen LogP contribution in [0.15, 0.2) is 18.2 Å². The van der Waals surface area contributed by atoms with Gasteiger partial charge in [0.25, 0.3) is 5.69 Å². The van der Waals surface area contributed by atoms with Gasteiger partial charge in [-0.3, -0.25) is 10.1 Å². The third-order valence-corrected chi connectivity index (χ3v) is 3.10. The van der Waals surface area contributed by atoms with Crippen LogP contribution >= 0.6 is 0 Å². The average molecular weight is 272 g/mol. The van der Waals surface area contributed by atoms with Crippen LogP contribution in [0.1, 0.15) is 18.9 Å². The van der Waals surface area contributed by atoms with Gasteiger partial charge in [0.05, 0.1) is 29.7 Å². The normalized spacial score (nSPS) is 11.6. The summed E-state index contributed by atoms with van der Waals surface area (Å²) in [4.78, 5) is 9.94. The first-order valence-corrected chi connectivity index (χ1v) is 5.87. The Labute approximate surface area is 110 Å². The lowest BCUT2D eigenvalue weighted by Crippen LogP contribution is -2.50. The lowest BCUT2D eigenvalue weighted by molar-refractivity contribution is -0.385. The van der Waals surface area contributed by atoms with Crippen LogP contribution in [0.4, 0.5) is 10.1 Å². The zero-order chi connectivity index (χ0) is 14.5. The number of aliphatic hydroxyl groups is 2. The summed E-state index contributed by atoms with van der Waals surface area (Å²) in [5, 5.41) is 32.0. The summed E-state index contributed by atoms with van der Waals surface area (Å²) in [6, 6.07) is 3.27. The Morgan fingerprint density at radius 1 is 1.37 bits per heavy atom. The van der Waals surface area contributed by atoms with Crippen LogP contribution in [0.25, 0.3) is 0 Å². The maximum atomic E-state index is 13.2. The van der Waals surface area contributed by atoms with Crippen LogP contribution < -0.4 is 5.32 Å². The molecule has 1 aromatic carbocycles. The van der Waals surface area contributed by atoms with E-state index in [2.05, 4.69) is 5.32 Å². The van der Waals surface area contributed by atoms with Crippen molar-refractivity contribution in [2.24, 2.45) is 0 Å². The predicted molar refractivity (Wildman–Crippen MR) is 67.1 cm³/mol. The van der Waals surface area contributed by atoms with Gasteiger partial charge in [-0.2, -0.15) is 0 Å². The van der Waals surface area contributed by atoms with Crippen molar-refractivity contribution < 1.29 is 19.5 Å². The number of hydrogen-bond donors (Lipinski definition) is 3. The van der Waals surface area contributed by atoms with Gasteiger partial charge in [-0.15, -0.1) is 0 Å². The molecule has 19 heavy (non-hydrogen) atoms. The number of non-ortho nitro benzene ring substituents is 1. The molecule has 0 bridgehead atoms. The van der Waals surface area contributed by atoms with E-state index in [1.54, 1.807) is 6.92 Å². The summed E-state index contributed by atoms with van der Waals surface area (Å²) in [5.74, 6) is -0.693. The van der Waals surface area contributed by atoms with Gasteiger partial charge in [-0.1, -0.05) is 6.92 Å². The van der Waals surface area contributed by atoms with Gasteiger partial charge in [0.15, 0.2) is 0 Å². The lowest BCUT2D eigenvalue weighted by atomic mass is 9.98. The number of nitrogens with zero attached hydrogens (tertiary/aromatic N) is 1. The molecule has 0 saturated heterocycles. The molecular formula is C12H17FN2O4. The molecule has 0 fully saturated rings. The molecule has 0 aliphatic carbocycles. The molecule has 106 valence electrons. The van der Waals surface area contributed by atoms with Crippen molar-refractivity contribution in [3.8, 4) is 0 Å². The average Bonchev–Trinajstić information content (AvgIpc) is 2.40. The minimum Gasteiger partial charge on any atom is -0.394 e. The zero-order valence-electron chi connectivity index (χ0n) is 10.6. The van der Waals surface area contributed by atoms with Crippen molar-refractivity contribution >= 4 is 5.69 Å². The Balaban J connectivity index is 2.85. The van der Waals surface area contributed by atoms with Crippen LogP contribution in [-0.2, 0) is 6.54 Å². The van der Waals surface area contributed by atoms with Crippen molar-refractivity contribution in [1.82, 2.24) is 5.32 Å². The standard InChI is InChI=1S/C12H17FN2O4/c1-2-12(7-16,8-17)14-6-9-3-10(13)5-11(4-9)15(18)19/h3-5,14,16-17H,2,6-8H2,1H3. The molecule has 0 aliphatic heterocycles. The highest BCUT2D eigenvalue weighted by molar-refractivity contribution is 5.35. The lowest BCUT2D eigenvalue weighted by Gasteiger charge is -2.29. The maximum Gasteiger partial charge on any atom is 0.272 e. The van der Waals surface area contributed by atoms with E-state index < -0.39 is 16.3 Å². The quantitative estimate of drug-likeness (QED) is 0.507. The molecule has 3 N–H and O–H groups in total. The van der Waals surface area contributed by atoms with Gasteiger partial charge in [-0.05, 0) is 18.1 Å². The van der Waals surface area contributed by atoms with Crippen molar-refractivity contribution in [2.45, 2.75) is 25.4 Å². The van der Waals surface area contributed by atoms with Crippen molar-refractivity contribution in [1.29, 1.82) is 0 Å². The van der Waals surface area contributed by atoms with Crippen LogP contribution in [0.5, 0.6) is 0 Å². The highest BCUT2D eigenvalue weighted by Gasteiger charge is 2.25. The number of rotatable bonds is 7. The first-order valence-electron chi connectivity index (χ1n) is 5.87. The maximum absolute atomic E-state index is 13.2. The monoisotopic (exact) mass is 272 g/mol. The predicted octanol–water partition coefficient (Wildman–Crippen LogP) is 0.957. The second-order valence-electron chi connectivity index (χ2n) is 4.38. The SMILES string of the molecule is CCC(CO)(CO)NCc1cc(F)cc([N+](=O)[O-])c1. The Hall–Kier alpha value is -1.57. The number of benzene rings is 1. The first kappa shape index (κ1) is 15.5. The molecule has 0 aromatic heterocycles. The second-order valence-corrected chi connectivity index (χ2v) is 4.38. The summed E-state index contributed by atoms with van der Waals surface area (Å²) < 4.78 is 13.2. The summed E-state index contributed by atoms with van der Waals surface area (Å²) in [5.41, 5.74) is -0.820. The molecule has 6 nitrogen and oxygen atoms in total. The second kappa shape index (κ2) is 6.55. The van der Waals surface area contributed by atoms with Crippen molar-refractivity contribution in [2.75, 3.05) is 13.2 Å². The number of nitro groups is 1. The fourth-order valence-electron chi connectivity index (χ4n) is 1.64. The van der Waals surface area contributed by atoms with E-state index in [-0.39, 0.29) is 25.4 Å². The van der Waals surface area contributed by atoms with Gasteiger partial charge in [0, 0.05) is 12.6 Å². The molecule has 0 unspecified atom stereocenters. The highest BCUT2D eigenvalue weighted by atomic mass is 19.1. The van der Waals surface area contributed by atoms with Crippen LogP contribution in [0, 0.1) is 15.9 Å². The number of nitro benzene ring substituents is 1. The number of hydrogen-bond acceptors (Lipinski definition) is 5. The van der Waals surface area contributed by atoms with Gasteiger partial charge < -0.3 is 15.5 Å². The molecule has 0 amide bonds. The summed E-state index contributed by atoms with van der Waals surface area (Å²) in [6.07, 6.45) is 0.470. The molecule has 0 radical (unpaired) electrons. The third kappa shape index (κ3) is 3.95. The Kier molecular flexibility index (Phi) is 5.34. The molecule has 0 spiro atoms. The molecule has 7 heteroatoms. The van der Waals surface area contributed by atoms with Gasteiger partial charge >= 0.3 is 0 Å². The van der Waals surface area contributed by atoms with Gasteiger partial charge in [0.1, 0.15) is 5.82 Å².